The topological polar surface area (TPSA) is 102 Å². The Labute approximate surface area is 176 Å². The standard InChI is InChI=1S/C19H21F3N4O4S/c1-10-8-26-16(17(7-23-26)31(28,29)25-11-2-3-30-9-11)6-13(10)19(27)24-12-4-14(20)18(22)15(21)5-12/h4-5,7,10-11,13,25H,2-3,6,8-9H2,1H3,(H,24,27)/t10-,11-,13?/m1/s1. The molecule has 31 heavy (non-hydrogen) atoms. The maximum absolute atomic E-state index is 13.5. The van der Waals surface area contributed by atoms with Crippen molar-refractivity contribution in [3.63, 3.8) is 0 Å². The number of ether oxygens (including phenoxy) is 1. The summed E-state index contributed by atoms with van der Waals surface area (Å²) < 4.78 is 75.1. The first-order valence-corrected chi connectivity index (χ1v) is 11.2. The van der Waals surface area contributed by atoms with Crippen molar-refractivity contribution >= 4 is 21.6 Å². The van der Waals surface area contributed by atoms with Crippen molar-refractivity contribution in [1.29, 1.82) is 0 Å². The minimum Gasteiger partial charge on any atom is -0.380 e. The van der Waals surface area contributed by atoms with E-state index in [1.54, 1.807) is 11.6 Å². The number of rotatable bonds is 5. The van der Waals surface area contributed by atoms with E-state index in [9.17, 15) is 26.4 Å². The lowest BCUT2D eigenvalue weighted by Crippen LogP contribution is -2.39. The van der Waals surface area contributed by atoms with E-state index in [-0.39, 0.29) is 35.6 Å². The van der Waals surface area contributed by atoms with E-state index < -0.39 is 39.3 Å². The smallest absolute Gasteiger partial charge is 0.244 e. The molecule has 12 heteroatoms. The molecule has 2 aromatic rings. The normalized spacial score (nSPS) is 23.5. The molecule has 2 aliphatic heterocycles. The summed E-state index contributed by atoms with van der Waals surface area (Å²) in [6, 6.07) is 1.06. The highest BCUT2D eigenvalue weighted by Crippen LogP contribution is 2.31. The van der Waals surface area contributed by atoms with E-state index in [2.05, 4.69) is 15.1 Å². The SMILES string of the molecule is C[C@@H]1Cn2ncc(S(=O)(=O)N[C@@H]3CCOC3)c2CC1C(=O)Nc1cc(F)c(F)c(F)c1. The predicted molar refractivity (Wildman–Crippen MR) is 103 cm³/mol. The lowest BCUT2D eigenvalue weighted by atomic mass is 9.86. The zero-order valence-electron chi connectivity index (χ0n) is 16.6. The van der Waals surface area contributed by atoms with E-state index in [0.29, 0.717) is 37.4 Å². The Kier molecular flexibility index (Phi) is 5.79. The van der Waals surface area contributed by atoms with Crippen molar-refractivity contribution in [2.24, 2.45) is 11.8 Å². The van der Waals surface area contributed by atoms with E-state index in [1.807, 2.05) is 0 Å². The molecule has 0 radical (unpaired) electrons. The van der Waals surface area contributed by atoms with Gasteiger partial charge in [-0.2, -0.15) is 5.10 Å². The molecule has 0 bridgehead atoms. The zero-order chi connectivity index (χ0) is 22.3. The lowest BCUT2D eigenvalue weighted by molar-refractivity contribution is -0.122. The second kappa shape index (κ2) is 8.24. The Morgan fingerprint density at radius 3 is 2.61 bits per heavy atom. The largest absolute Gasteiger partial charge is 0.380 e. The minimum atomic E-state index is -3.87. The monoisotopic (exact) mass is 458 g/mol. The van der Waals surface area contributed by atoms with Gasteiger partial charge in [-0.05, 0) is 12.3 Å². The van der Waals surface area contributed by atoms with Crippen LogP contribution in [0.4, 0.5) is 18.9 Å². The van der Waals surface area contributed by atoms with E-state index in [1.165, 1.54) is 6.20 Å². The van der Waals surface area contributed by atoms with Crippen LogP contribution in [0, 0.1) is 29.3 Å². The van der Waals surface area contributed by atoms with Crippen LogP contribution in [0.3, 0.4) is 0 Å². The number of aromatic nitrogens is 2. The zero-order valence-corrected chi connectivity index (χ0v) is 17.4. The van der Waals surface area contributed by atoms with Crippen LogP contribution in [0.15, 0.2) is 23.2 Å². The van der Waals surface area contributed by atoms with Gasteiger partial charge in [-0.25, -0.2) is 26.3 Å². The molecule has 4 rings (SSSR count). The minimum absolute atomic E-state index is 0.0111. The quantitative estimate of drug-likeness (QED) is 0.666. The molecule has 0 spiro atoms. The molecular weight excluding hydrogens is 437 g/mol. The van der Waals surface area contributed by atoms with Gasteiger partial charge in [0, 0.05) is 49.4 Å². The highest BCUT2D eigenvalue weighted by atomic mass is 32.2. The predicted octanol–water partition coefficient (Wildman–Crippen LogP) is 1.81. The van der Waals surface area contributed by atoms with Gasteiger partial charge < -0.3 is 10.1 Å². The number of hydrogen-bond donors (Lipinski definition) is 2. The number of nitrogens with one attached hydrogen (secondary N) is 2. The molecule has 0 saturated carbocycles. The molecule has 3 atom stereocenters. The summed E-state index contributed by atoms with van der Waals surface area (Å²) in [6.45, 7) is 2.85. The van der Waals surface area contributed by atoms with Gasteiger partial charge in [0.05, 0.1) is 18.5 Å². The number of benzene rings is 1. The van der Waals surface area contributed by atoms with Gasteiger partial charge in [0.15, 0.2) is 17.5 Å². The van der Waals surface area contributed by atoms with Gasteiger partial charge >= 0.3 is 0 Å². The number of sulfonamides is 1. The molecule has 0 aliphatic carbocycles. The van der Waals surface area contributed by atoms with Gasteiger partial charge in [0.25, 0.3) is 0 Å². The molecule has 1 fully saturated rings. The molecule has 1 amide bonds. The Morgan fingerprint density at radius 2 is 1.97 bits per heavy atom. The molecule has 1 saturated heterocycles. The van der Waals surface area contributed by atoms with Crippen molar-refractivity contribution in [2.45, 2.75) is 37.2 Å². The fourth-order valence-corrected chi connectivity index (χ4v) is 5.35. The summed E-state index contributed by atoms with van der Waals surface area (Å²) in [5.41, 5.74) is 0.157. The molecule has 1 unspecified atom stereocenters. The van der Waals surface area contributed by atoms with Crippen molar-refractivity contribution in [3.05, 3.63) is 41.5 Å². The highest BCUT2D eigenvalue weighted by Gasteiger charge is 2.36. The fourth-order valence-electron chi connectivity index (χ4n) is 3.91. The molecule has 2 N–H and O–H groups in total. The number of carbonyl (C=O) groups is 1. The Bertz CT molecular complexity index is 1090. The summed E-state index contributed by atoms with van der Waals surface area (Å²) in [5, 5.41) is 6.55. The lowest BCUT2D eigenvalue weighted by Gasteiger charge is -2.29. The Morgan fingerprint density at radius 1 is 1.26 bits per heavy atom. The van der Waals surface area contributed by atoms with Crippen LogP contribution in [0.25, 0.3) is 0 Å². The summed E-state index contributed by atoms with van der Waals surface area (Å²) in [5.74, 6) is -5.91. The van der Waals surface area contributed by atoms with E-state index in [4.69, 9.17) is 4.74 Å². The maximum Gasteiger partial charge on any atom is 0.244 e. The van der Waals surface area contributed by atoms with Gasteiger partial charge in [-0.1, -0.05) is 6.92 Å². The first kappa shape index (κ1) is 21.8. The number of hydrogen-bond acceptors (Lipinski definition) is 5. The van der Waals surface area contributed by atoms with Crippen LogP contribution >= 0.6 is 0 Å². The molecule has 2 aliphatic rings. The number of amides is 1. The molecule has 1 aromatic heterocycles. The third-order valence-electron chi connectivity index (χ3n) is 5.60. The summed E-state index contributed by atoms with van der Waals surface area (Å²) in [7, 11) is -3.87. The number of nitrogens with zero attached hydrogens (tertiary/aromatic N) is 2. The molecular formula is C19H21F3N4O4S. The van der Waals surface area contributed by atoms with E-state index >= 15 is 0 Å². The van der Waals surface area contributed by atoms with Crippen LogP contribution in [0.5, 0.6) is 0 Å². The third-order valence-corrected chi connectivity index (χ3v) is 7.16. The number of carbonyl (C=O) groups excluding carboxylic acids is 1. The Hall–Kier alpha value is -2.44. The Balaban J connectivity index is 1.55. The molecule has 8 nitrogen and oxygen atoms in total. The average Bonchev–Trinajstić information content (AvgIpc) is 3.34. The second-order valence-corrected chi connectivity index (χ2v) is 9.53. The first-order valence-electron chi connectivity index (χ1n) is 9.76. The van der Waals surface area contributed by atoms with Crippen molar-refractivity contribution in [1.82, 2.24) is 14.5 Å². The van der Waals surface area contributed by atoms with Gasteiger partial charge in [0.2, 0.25) is 15.9 Å². The van der Waals surface area contributed by atoms with Crippen LogP contribution < -0.4 is 10.0 Å². The first-order chi connectivity index (χ1) is 14.7. The van der Waals surface area contributed by atoms with Gasteiger partial charge in [-0.3, -0.25) is 9.48 Å². The second-order valence-electron chi connectivity index (χ2n) is 7.85. The summed E-state index contributed by atoms with van der Waals surface area (Å²) in [6.07, 6.45) is 1.89. The fraction of sp³-hybridized carbons (Fsp3) is 0.474. The van der Waals surface area contributed by atoms with Crippen molar-refractivity contribution < 1.29 is 31.1 Å². The van der Waals surface area contributed by atoms with Crippen LogP contribution in [-0.4, -0.2) is 43.4 Å². The van der Waals surface area contributed by atoms with Crippen LogP contribution in [-0.2, 0) is 32.5 Å². The van der Waals surface area contributed by atoms with E-state index in [0.717, 1.165) is 0 Å². The number of halogens is 3. The van der Waals surface area contributed by atoms with Crippen molar-refractivity contribution in [3.8, 4) is 0 Å². The molecule has 1 aromatic carbocycles. The van der Waals surface area contributed by atoms with Crippen molar-refractivity contribution in [2.75, 3.05) is 18.5 Å². The average molecular weight is 458 g/mol. The van der Waals surface area contributed by atoms with Crippen LogP contribution in [0.2, 0.25) is 0 Å². The third kappa shape index (κ3) is 4.32. The maximum atomic E-state index is 13.5. The number of fused-ring (bicyclic) bond motifs is 1. The molecule has 168 valence electrons. The highest BCUT2D eigenvalue weighted by molar-refractivity contribution is 7.89. The number of anilines is 1. The van der Waals surface area contributed by atoms with Gasteiger partial charge in [0.1, 0.15) is 4.90 Å². The van der Waals surface area contributed by atoms with Gasteiger partial charge in [-0.15, -0.1) is 0 Å². The van der Waals surface area contributed by atoms with Crippen LogP contribution in [0.1, 0.15) is 19.0 Å². The molecule has 3 heterocycles. The summed E-state index contributed by atoms with van der Waals surface area (Å²) >= 11 is 0. The summed E-state index contributed by atoms with van der Waals surface area (Å²) in [4.78, 5) is 12.8.